The van der Waals surface area contributed by atoms with Crippen LogP contribution in [0, 0.1) is 0 Å². The van der Waals surface area contributed by atoms with E-state index in [1.54, 1.807) is 7.11 Å². The van der Waals surface area contributed by atoms with Gasteiger partial charge in [-0.3, -0.25) is 19.2 Å². The second-order valence-corrected chi connectivity index (χ2v) is 7.90. The maximum Gasteiger partial charge on any atom is 0.280 e. The Morgan fingerprint density at radius 3 is 2.55 bits per heavy atom. The highest BCUT2D eigenvalue weighted by Gasteiger charge is 2.46. The Bertz CT molecular complexity index is 1080. The Morgan fingerprint density at radius 2 is 1.79 bits per heavy atom. The Labute approximate surface area is 169 Å². The van der Waals surface area contributed by atoms with Gasteiger partial charge in [0.1, 0.15) is 11.6 Å². The maximum atomic E-state index is 13.1. The molecule has 3 aromatic rings. The van der Waals surface area contributed by atoms with E-state index in [-0.39, 0.29) is 11.0 Å². The molecule has 1 aromatic carbocycles. The Morgan fingerprint density at radius 1 is 1.03 bits per heavy atom. The molecule has 0 saturated carbocycles. The van der Waals surface area contributed by atoms with E-state index in [0.29, 0.717) is 12.2 Å². The topological polar surface area (TPSA) is 73.1 Å². The Kier molecular flexibility index (Phi) is 4.39. The van der Waals surface area contributed by atoms with E-state index in [9.17, 15) is 4.79 Å². The number of nitrogens with zero attached hydrogens (tertiary/aromatic N) is 5. The van der Waals surface area contributed by atoms with Gasteiger partial charge in [0, 0.05) is 43.0 Å². The lowest BCUT2D eigenvalue weighted by molar-refractivity contribution is 0.299. The van der Waals surface area contributed by atoms with E-state index in [1.807, 2.05) is 41.2 Å². The Balaban J connectivity index is 1.42. The van der Waals surface area contributed by atoms with Gasteiger partial charge in [0.2, 0.25) is 0 Å². The minimum absolute atomic E-state index is 0.0513. The van der Waals surface area contributed by atoms with E-state index >= 15 is 0 Å². The summed E-state index contributed by atoms with van der Waals surface area (Å²) in [6, 6.07) is 11.5. The third kappa shape index (κ3) is 3.11. The molecule has 1 saturated heterocycles. The number of fused-ring (bicyclic) bond motifs is 2. The number of hydrogen-bond acceptors (Lipinski definition) is 6. The second-order valence-electron chi connectivity index (χ2n) is 7.90. The number of benzene rings is 1. The summed E-state index contributed by atoms with van der Waals surface area (Å²) in [6.07, 6.45) is 5.61. The van der Waals surface area contributed by atoms with Crippen LogP contribution in [0.25, 0.3) is 11.3 Å². The molecule has 29 heavy (non-hydrogen) atoms. The molecular formula is C22H23N5O2. The molecule has 4 heterocycles. The fraction of sp³-hybridized carbons (Fsp3) is 0.364. The lowest BCUT2D eigenvalue weighted by Gasteiger charge is -2.23. The summed E-state index contributed by atoms with van der Waals surface area (Å²) in [5.74, 6) is 1.60. The smallest absolute Gasteiger partial charge is 0.280 e. The summed E-state index contributed by atoms with van der Waals surface area (Å²) in [4.78, 5) is 19.7. The third-order valence-electron chi connectivity index (χ3n) is 6.19. The van der Waals surface area contributed by atoms with Crippen LogP contribution in [0.4, 0.5) is 0 Å². The van der Waals surface area contributed by atoms with Crippen LogP contribution in [-0.2, 0) is 18.5 Å². The van der Waals surface area contributed by atoms with Gasteiger partial charge in [-0.05, 0) is 61.3 Å². The first-order valence-electron chi connectivity index (χ1n) is 9.92. The number of rotatable bonds is 4. The molecule has 5 rings (SSSR count). The van der Waals surface area contributed by atoms with Crippen molar-refractivity contribution in [1.29, 1.82) is 0 Å². The maximum absolute atomic E-state index is 13.1. The summed E-state index contributed by atoms with van der Waals surface area (Å²) >= 11 is 0. The highest BCUT2D eigenvalue weighted by atomic mass is 16.5. The van der Waals surface area contributed by atoms with Crippen molar-refractivity contribution in [1.82, 2.24) is 24.6 Å². The molecule has 0 aliphatic carbocycles. The van der Waals surface area contributed by atoms with Gasteiger partial charge in [-0.25, -0.2) is 0 Å². The molecule has 0 bridgehead atoms. The van der Waals surface area contributed by atoms with Gasteiger partial charge < -0.3 is 4.74 Å². The minimum Gasteiger partial charge on any atom is -0.497 e. The summed E-state index contributed by atoms with van der Waals surface area (Å²) in [7, 11) is 1.62. The molecule has 148 valence electrons. The van der Waals surface area contributed by atoms with Crippen molar-refractivity contribution in [3.8, 4) is 17.0 Å². The van der Waals surface area contributed by atoms with Crippen molar-refractivity contribution in [3.05, 3.63) is 70.5 Å². The number of pyridine rings is 1. The van der Waals surface area contributed by atoms with Crippen LogP contribution in [0.3, 0.4) is 0 Å². The van der Waals surface area contributed by atoms with Crippen LogP contribution >= 0.6 is 0 Å². The monoisotopic (exact) mass is 389 g/mol. The standard InChI is InChI=1S/C22H23N5O2/c1-29-18-4-2-17(3-5-18)19-20(28)27-13-9-22(21(27)25-24-19)8-12-26(15-22)14-16-6-10-23-11-7-16/h2-7,10-11H,8-9,12-15H2,1H3. The highest BCUT2D eigenvalue weighted by Crippen LogP contribution is 2.41. The summed E-state index contributed by atoms with van der Waals surface area (Å²) in [5.41, 5.74) is 2.31. The van der Waals surface area contributed by atoms with Crippen molar-refractivity contribution in [2.45, 2.75) is 31.3 Å². The molecule has 7 nitrogen and oxygen atoms in total. The SMILES string of the molecule is COc1ccc(-c2nnc3n(c2=O)CCC32CCN(Cc3ccncc3)C2)cc1. The molecule has 1 atom stereocenters. The molecule has 0 radical (unpaired) electrons. The molecule has 0 amide bonds. The largest absolute Gasteiger partial charge is 0.497 e. The molecule has 7 heteroatoms. The lowest BCUT2D eigenvalue weighted by atomic mass is 9.85. The van der Waals surface area contributed by atoms with Crippen LogP contribution in [0.2, 0.25) is 0 Å². The first-order valence-corrected chi connectivity index (χ1v) is 9.92. The second kappa shape index (κ2) is 7.08. The Hall–Kier alpha value is -3.06. The fourth-order valence-corrected chi connectivity index (χ4v) is 4.61. The molecule has 2 aliphatic rings. The number of likely N-dealkylation sites (tertiary alicyclic amines) is 1. The van der Waals surface area contributed by atoms with Gasteiger partial charge in [0.05, 0.1) is 7.11 Å². The van der Waals surface area contributed by atoms with Crippen molar-refractivity contribution >= 4 is 0 Å². The number of hydrogen-bond donors (Lipinski definition) is 0. The van der Waals surface area contributed by atoms with Gasteiger partial charge in [-0.1, -0.05) is 0 Å². The van der Waals surface area contributed by atoms with Crippen LogP contribution in [0.5, 0.6) is 5.75 Å². The number of ether oxygens (including phenoxy) is 1. The van der Waals surface area contributed by atoms with E-state index in [1.165, 1.54) is 5.56 Å². The summed E-state index contributed by atoms with van der Waals surface area (Å²) in [6.45, 7) is 3.51. The molecule has 2 aliphatic heterocycles. The minimum atomic E-state index is -0.0718. The molecule has 1 unspecified atom stereocenters. The predicted octanol–water partition coefficient (Wildman–Crippen LogP) is 2.26. The van der Waals surface area contributed by atoms with Gasteiger partial charge in [-0.2, -0.15) is 0 Å². The van der Waals surface area contributed by atoms with E-state index in [4.69, 9.17) is 4.74 Å². The molecule has 1 spiro atoms. The van der Waals surface area contributed by atoms with Crippen molar-refractivity contribution in [2.24, 2.45) is 0 Å². The van der Waals surface area contributed by atoms with Crippen LogP contribution < -0.4 is 10.3 Å². The predicted molar refractivity (Wildman–Crippen MR) is 109 cm³/mol. The van der Waals surface area contributed by atoms with Gasteiger partial charge >= 0.3 is 0 Å². The molecular weight excluding hydrogens is 366 g/mol. The highest BCUT2D eigenvalue weighted by molar-refractivity contribution is 5.58. The van der Waals surface area contributed by atoms with Crippen LogP contribution in [-0.4, -0.2) is 44.8 Å². The average Bonchev–Trinajstić information content (AvgIpc) is 3.34. The van der Waals surface area contributed by atoms with Crippen molar-refractivity contribution in [2.75, 3.05) is 20.2 Å². The van der Waals surface area contributed by atoms with Gasteiger partial charge in [-0.15, -0.1) is 10.2 Å². The van der Waals surface area contributed by atoms with Crippen LogP contribution in [0.1, 0.15) is 24.2 Å². The molecule has 2 aromatic heterocycles. The first-order chi connectivity index (χ1) is 14.2. The first kappa shape index (κ1) is 18.0. The number of methoxy groups -OCH3 is 1. The zero-order chi connectivity index (χ0) is 19.8. The quantitative estimate of drug-likeness (QED) is 0.682. The molecule has 1 fully saturated rings. The van der Waals surface area contributed by atoms with E-state index in [2.05, 4.69) is 32.2 Å². The zero-order valence-corrected chi connectivity index (χ0v) is 16.4. The normalized spacial score (nSPS) is 20.9. The fourth-order valence-electron chi connectivity index (χ4n) is 4.61. The van der Waals surface area contributed by atoms with Gasteiger partial charge in [0.25, 0.3) is 5.56 Å². The van der Waals surface area contributed by atoms with Gasteiger partial charge in [0.15, 0.2) is 5.69 Å². The van der Waals surface area contributed by atoms with E-state index in [0.717, 1.165) is 49.6 Å². The summed E-state index contributed by atoms with van der Waals surface area (Å²) < 4.78 is 7.03. The van der Waals surface area contributed by atoms with E-state index < -0.39 is 0 Å². The number of aromatic nitrogens is 4. The van der Waals surface area contributed by atoms with Crippen molar-refractivity contribution in [3.63, 3.8) is 0 Å². The van der Waals surface area contributed by atoms with Crippen molar-refractivity contribution < 1.29 is 4.74 Å². The zero-order valence-electron chi connectivity index (χ0n) is 16.4. The van der Waals surface area contributed by atoms with Crippen LogP contribution in [0.15, 0.2) is 53.6 Å². The summed E-state index contributed by atoms with van der Waals surface area (Å²) in [5, 5.41) is 8.91. The third-order valence-corrected chi connectivity index (χ3v) is 6.19. The molecule has 0 N–H and O–H groups in total. The lowest BCUT2D eigenvalue weighted by Crippen LogP contribution is -2.33. The average molecular weight is 389 g/mol.